The Bertz CT molecular complexity index is 435. The molecule has 1 amide bonds. The van der Waals surface area contributed by atoms with Gasteiger partial charge in [0.15, 0.2) is 0 Å². The SMILES string of the molecule is CN(c1ccccc1NC=O)C1CCC(=O)CC1. The van der Waals surface area contributed by atoms with Crippen LogP contribution in [0.1, 0.15) is 25.7 Å². The summed E-state index contributed by atoms with van der Waals surface area (Å²) in [6, 6.07) is 8.09. The van der Waals surface area contributed by atoms with E-state index in [2.05, 4.69) is 10.2 Å². The minimum Gasteiger partial charge on any atom is -0.370 e. The van der Waals surface area contributed by atoms with Crippen molar-refractivity contribution in [3.05, 3.63) is 24.3 Å². The summed E-state index contributed by atoms with van der Waals surface area (Å²) in [5.74, 6) is 0.360. The smallest absolute Gasteiger partial charge is 0.211 e. The maximum Gasteiger partial charge on any atom is 0.211 e. The Labute approximate surface area is 107 Å². The largest absolute Gasteiger partial charge is 0.370 e. The normalized spacial score (nSPS) is 16.4. The molecule has 0 saturated heterocycles. The van der Waals surface area contributed by atoms with E-state index in [1.165, 1.54) is 0 Å². The highest BCUT2D eigenvalue weighted by molar-refractivity contribution is 5.82. The quantitative estimate of drug-likeness (QED) is 0.829. The lowest BCUT2D eigenvalue weighted by Crippen LogP contribution is -2.35. The number of rotatable bonds is 4. The van der Waals surface area contributed by atoms with Crippen LogP contribution in [0.15, 0.2) is 24.3 Å². The molecule has 1 fully saturated rings. The predicted molar refractivity (Wildman–Crippen MR) is 71.8 cm³/mol. The molecule has 1 saturated carbocycles. The van der Waals surface area contributed by atoms with Crippen molar-refractivity contribution in [2.24, 2.45) is 0 Å². The fraction of sp³-hybridized carbons (Fsp3) is 0.429. The van der Waals surface area contributed by atoms with E-state index in [0.717, 1.165) is 24.2 Å². The van der Waals surface area contributed by atoms with E-state index in [-0.39, 0.29) is 0 Å². The zero-order chi connectivity index (χ0) is 13.0. The van der Waals surface area contributed by atoms with Gasteiger partial charge in [-0.2, -0.15) is 0 Å². The maximum absolute atomic E-state index is 11.3. The maximum atomic E-state index is 11.3. The van der Waals surface area contributed by atoms with Gasteiger partial charge in [0.1, 0.15) is 5.78 Å². The van der Waals surface area contributed by atoms with E-state index in [9.17, 15) is 9.59 Å². The van der Waals surface area contributed by atoms with Gasteiger partial charge in [0.2, 0.25) is 6.41 Å². The first-order valence-corrected chi connectivity index (χ1v) is 6.26. The monoisotopic (exact) mass is 246 g/mol. The summed E-state index contributed by atoms with van der Waals surface area (Å²) in [5, 5.41) is 2.72. The minimum absolute atomic E-state index is 0.360. The summed E-state index contributed by atoms with van der Waals surface area (Å²) in [5.41, 5.74) is 1.82. The van der Waals surface area contributed by atoms with Gasteiger partial charge in [-0.15, -0.1) is 0 Å². The predicted octanol–water partition coefficient (Wildman–Crippen LogP) is 2.20. The molecule has 0 aliphatic heterocycles. The van der Waals surface area contributed by atoms with E-state index in [0.29, 0.717) is 31.1 Å². The Hall–Kier alpha value is -1.84. The first-order chi connectivity index (χ1) is 8.72. The van der Waals surface area contributed by atoms with Crippen LogP contribution in [-0.4, -0.2) is 25.3 Å². The van der Waals surface area contributed by atoms with E-state index >= 15 is 0 Å². The Morgan fingerprint density at radius 2 is 1.94 bits per heavy atom. The second-order valence-electron chi connectivity index (χ2n) is 4.66. The van der Waals surface area contributed by atoms with Crippen LogP contribution in [0.5, 0.6) is 0 Å². The molecule has 18 heavy (non-hydrogen) atoms. The topological polar surface area (TPSA) is 49.4 Å². The van der Waals surface area contributed by atoms with Gasteiger partial charge in [-0.1, -0.05) is 12.1 Å². The number of anilines is 2. The molecule has 0 aromatic heterocycles. The van der Waals surface area contributed by atoms with Gasteiger partial charge < -0.3 is 10.2 Å². The number of nitrogens with one attached hydrogen (secondary N) is 1. The Morgan fingerprint density at radius 3 is 2.61 bits per heavy atom. The standard InChI is InChI=1S/C14H18N2O2/c1-16(11-6-8-12(18)9-7-11)14-5-3-2-4-13(14)15-10-17/h2-5,10-11H,6-9H2,1H3,(H,15,17). The Kier molecular flexibility index (Phi) is 3.97. The molecule has 0 radical (unpaired) electrons. The molecule has 4 nitrogen and oxygen atoms in total. The summed E-state index contributed by atoms with van der Waals surface area (Å²) in [6.45, 7) is 0. The fourth-order valence-electron chi connectivity index (χ4n) is 2.48. The van der Waals surface area contributed by atoms with Crippen molar-refractivity contribution in [3.8, 4) is 0 Å². The number of para-hydroxylation sites is 2. The Morgan fingerprint density at radius 1 is 1.28 bits per heavy atom. The molecule has 96 valence electrons. The molecule has 0 unspecified atom stereocenters. The van der Waals surface area contributed by atoms with Crippen LogP contribution in [0.2, 0.25) is 0 Å². The van der Waals surface area contributed by atoms with Gasteiger partial charge in [-0.25, -0.2) is 0 Å². The summed E-state index contributed by atoms with van der Waals surface area (Å²) in [7, 11) is 2.02. The summed E-state index contributed by atoms with van der Waals surface area (Å²) >= 11 is 0. The molecule has 1 aromatic carbocycles. The summed E-state index contributed by atoms with van der Waals surface area (Å²) in [6.07, 6.45) is 3.81. The van der Waals surface area contributed by atoms with Crippen LogP contribution in [0.3, 0.4) is 0 Å². The molecule has 4 heteroatoms. The van der Waals surface area contributed by atoms with Crippen LogP contribution >= 0.6 is 0 Å². The lowest BCUT2D eigenvalue weighted by Gasteiger charge is -2.33. The molecule has 1 aliphatic rings. The first kappa shape index (κ1) is 12.6. The second-order valence-corrected chi connectivity index (χ2v) is 4.66. The number of Topliss-reactive ketones (excluding diaryl/α,β-unsaturated/α-hetero) is 1. The fourth-order valence-corrected chi connectivity index (χ4v) is 2.48. The van der Waals surface area contributed by atoms with Crippen LogP contribution in [-0.2, 0) is 9.59 Å². The lowest BCUT2D eigenvalue weighted by molar-refractivity contribution is -0.120. The number of carbonyl (C=O) groups is 2. The minimum atomic E-state index is 0.360. The van der Waals surface area contributed by atoms with Crippen molar-refractivity contribution in [2.45, 2.75) is 31.7 Å². The molecular weight excluding hydrogens is 228 g/mol. The number of ketones is 1. The van der Waals surface area contributed by atoms with Crippen molar-refractivity contribution in [1.29, 1.82) is 0 Å². The van der Waals surface area contributed by atoms with Crippen molar-refractivity contribution < 1.29 is 9.59 Å². The third kappa shape index (κ3) is 2.70. The van der Waals surface area contributed by atoms with Crippen LogP contribution in [0.4, 0.5) is 11.4 Å². The number of hydrogen-bond donors (Lipinski definition) is 1. The van der Waals surface area contributed by atoms with E-state index < -0.39 is 0 Å². The van der Waals surface area contributed by atoms with Crippen molar-refractivity contribution in [3.63, 3.8) is 0 Å². The zero-order valence-electron chi connectivity index (χ0n) is 10.6. The molecular formula is C14H18N2O2. The lowest BCUT2D eigenvalue weighted by atomic mass is 9.93. The van der Waals surface area contributed by atoms with Crippen molar-refractivity contribution in [1.82, 2.24) is 0 Å². The van der Waals surface area contributed by atoms with E-state index in [4.69, 9.17) is 0 Å². The number of hydrogen-bond acceptors (Lipinski definition) is 3. The highest BCUT2D eigenvalue weighted by Gasteiger charge is 2.23. The van der Waals surface area contributed by atoms with Gasteiger partial charge in [0.05, 0.1) is 11.4 Å². The third-order valence-electron chi connectivity index (χ3n) is 3.56. The summed E-state index contributed by atoms with van der Waals surface area (Å²) < 4.78 is 0. The van der Waals surface area contributed by atoms with Gasteiger partial charge in [-0.05, 0) is 25.0 Å². The van der Waals surface area contributed by atoms with Gasteiger partial charge in [0, 0.05) is 25.9 Å². The Balaban J connectivity index is 2.14. The molecule has 1 aliphatic carbocycles. The van der Waals surface area contributed by atoms with Crippen LogP contribution in [0.25, 0.3) is 0 Å². The molecule has 0 spiro atoms. The zero-order valence-corrected chi connectivity index (χ0v) is 10.6. The van der Waals surface area contributed by atoms with Gasteiger partial charge in [0.25, 0.3) is 0 Å². The highest BCUT2D eigenvalue weighted by Crippen LogP contribution is 2.30. The molecule has 0 atom stereocenters. The number of carbonyl (C=O) groups excluding carboxylic acids is 2. The number of amides is 1. The highest BCUT2D eigenvalue weighted by atomic mass is 16.1. The van der Waals surface area contributed by atoms with Crippen molar-refractivity contribution in [2.75, 3.05) is 17.3 Å². The van der Waals surface area contributed by atoms with Crippen LogP contribution < -0.4 is 10.2 Å². The molecule has 0 bridgehead atoms. The van der Waals surface area contributed by atoms with Crippen molar-refractivity contribution >= 4 is 23.6 Å². The number of nitrogens with zero attached hydrogens (tertiary/aromatic N) is 1. The summed E-state index contributed by atoms with van der Waals surface area (Å²) in [4.78, 5) is 24.0. The average Bonchev–Trinajstić information content (AvgIpc) is 2.40. The van der Waals surface area contributed by atoms with Gasteiger partial charge >= 0.3 is 0 Å². The first-order valence-electron chi connectivity index (χ1n) is 6.26. The molecule has 1 N–H and O–H groups in total. The van der Waals surface area contributed by atoms with Crippen LogP contribution in [0, 0.1) is 0 Å². The third-order valence-corrected chi connectivity index (χ3v) is 3.56. The molecule has 1 aromatic rings. The van der Waals surface area contributed by atoms with Gasteiger partial charge in [-0.3, -0.25) is 9.59 Å². The molecule has 0 heterocycles. The average molecular weight is 246 g/mol. The van der Waals surface area contributed by atoms with E-state index in [1.54, 1.807) is 0 Å². The number of benzene rings is 1. The van der Waals surface area contributed by atoms with E-state index in [1.807, 2.05) is 31.3 Å². The molecule has 2 rings (SSSR count). The second kappa shape index (κ2) is 5.67.